The summed E-state index contributed by atoms with van der Waals surface area (Å²) >= 11 is 0. The van der Waals surface area contributed by atoms with Crippen LogP contribution in [0, 0.1) is 0 Å². The van der Waals surface area contributed by atoms with Gasteiger partial charge in [0.1, 0.15) is 0 Å². The summed E-state index contributed by atoms with van der Waals surface area (Å²) < 4.78 is 32.3. The Morgan fingerprint density at radius 3 is 2.64 bits per heavy atom. The fourth-order valence-electron chi connectivity index (χ4n) is 0.896. The van der Waals surface area contributed by atoms with Crippen molar-refractivity contribution in [3.05, 3.63) is 0 Å². The fraction of sp³-hybridized carbons (Fsp3) is 1.00. The van der Waals surface area contributed by atoms with Crippen molar-refractivity contribution in [1.82, 2.24) is 9.44 Å². The highest BCUT2D eigenvalue weighted by molar-refractivity contribution is 7.87. The number of rotatable bonds is 8. The van der Waals surface area contributed by atoms with Crippen molar-refractivity contribution >= 4 is 10.2 Å². The first-order valence-corrected chi connectivity index (χ1v) is 6.17. The normalized spacial score (nSPS) is 17.2. The van der Waals surface area contributed by atoms with E-state index in [-0.39, 0.29) is 12.6 Å². The van der Waals surface area contributed by atoms with Crippen molar-refractivity contribution in [2.45, 2.75) is 18.9 Å². The first-order chi connectivity index (χ1) is 6.64. The van der Waals surface area contributed by atoms with E-state index in [2.05, 4.69) is 9.44 Å². The van der Waals surface area contributed by atoms with Crippen LogP contribution in [0.1, 0.15) is 12.8 Å². The van der Waals surface area contributed by atoms with E-state index in [1.54, 1.807) is 0 Å². The van der Waals surface area contributed by atoms with E-state index in [1.807, 2.05) is 0 Å². The molecule has 1 fully saturated rings. The summed E-state index contributed by atoms with van der Waals surface area (Å²) in [5.41, 5.74) is 5.19. The zero-order valence-corrected chi connectivity index (χ0v) is 8.85. The maximum atomic E-state index is 11.2. The summed E-state index contributed by atoms with van der Waals surface area (Å²) in [6, 6.07) is 0.137. The van der Waals surface area contributed by atoms with Gasteiger partial charge in [0.2, 0.25) is 0 Å². The Hall–Kier alpha value is -0.210. The summed E-state index contributed by atoms with van der Waals surface area (Å²) in [4.78, 5) is 0. The molecule has 0 unspecified atom stereocenters. The van der Waals surface area contributed by atoms with Gasteiger partial charge in [-0.15, -0.1) is 0 Å². The third-order valence-corrected chi connectivity index (χ3v) is 2.93. The lowest BCUT2D eigenvalue weighted by atomic mass is 10.7. The van der Waals surface area contributed by atoms with Crippen LogP contribution in [0.15, 0.2) is 0 Å². The monoisotopic (exact) mass is 223 g/mol. The van der Waals surface area contributed by atoms with Gasteiger partial charge in [-0.25, -0.2) is 0 Å². The lowest BCUT2D eigenvalue weighted by Crippen LogP contribution is -2.39. The molecule has 0 amide bonds. The molecule has 0 aromatic rings. The van der Waals surface area contributed by atoms with E-state index in [0.717, 1.165) is 12.8 Å². The summed E-state index contributed by atoms with van der Waals surface area (Å²) in [7, 11) is -3.32. The van der Waals surface area contributed by atoms with Crippen LogP contribution in [0.5, 0.6) is 0 Å². The minimum atomic E-state index is -3.32. The van der Waals surface area contributed by atoms with Gasteiger partial charge in [0, 0.05) is 19.1 Å². The molecule has 0 aliphatic heterocycles. The Labute approximate surface area is 84.4 Å². The maximum Gasteiger partial charge on any atom is 0.277 e. The van der Waals surface area contributed by atoms with Crippen molar-refractivity contribution in [3.63, 3.8) is 0 Å². The number of nitrogens with one attached hydrogen (secondary N) is 2. The zero-order chi connectivity index (χ0) is 10.4. The summed E-state index contributed by atoms with van der Waals surface area (Å²) in [6.45, 7) is 1.54. The van der Waals surface area contributed by atoms with Gasteiger partial charge in [-0.1, -0.05) is 0 Å². The molecule has 0 atom stereocenters. The van der Waals surface area contributed by atoms with Crippen LogP contribution in [0.3, 0.4) is 0 Å². The standard InChI is InChI=1S/C7H17N3O3S/c8-3-5-13-6-4-9-14(11,12)10-7-1-2-7/h7,9-10H,1-6,8H2. The second kappa shape index (κ2) is 5.62. The Balaban J connectivity index is 2.03. The van der Waals surface area contributed by atoms with Gasteiger partial charge >= 0.3 is 0 Å². The highest BCUT2D eigenvalue weighted by Gasteiger charge is 2.26. The number of nitrogens with two attached hydrogens (primary N) is 1. The lowest BCUT2D eigenvalue weighted by Gasteiger charge is -2.07. The Morgan fingerprint density at radius 1 is 1.36 bits per heavy atom. The second-order valence-corrected chi connectivity index (χ2v) is 4.72. The average Bonchev–Trinajstić information content (AvgIpc) is 2.87. The molecule has 0 spiro atoms. The van der Waals surface area contributed by atoms with Crippen LogP contribution in [0.4, 0.5) is 0 Å². The molecule has 14 heavy (non-hydrogen) atoms. The van der Waals surface area contributed by atoms with Crippen LogP contribution in [-0.4, -0.2) is 40.8 Å². The van der Waals surface area contributed by atoms with E-state index < -0.39 is 10.2 Å². The summed E-state index contributed by atoms with van der Waals surface area (Å²) in [5, 5.41) is 0. The van der Waals surface area contributed by atoms with Crippen LogP contribution in [-0.2, 0) is 14.9 Å². The molecule has 1 aliphatic rings. The summed E-state index contributed by atoms with van der Waals surface area (Å²) in [6.07, 6.45) is 1.87. The Morgan fingerprint density at radius 2 is 2.07 bits per heavy atom. The molecule has 1 aliphatic carbocycles. The van der Waals surface area contributed by atoms with Crippen molar-refractivity contribution in [3.8, 4) is 0 Å². The van der Waals surface area contributed by atoms with Crippen LogP contribution >= 0.6 is 0 Å². The van der Waals surface area contributed by atoms with E-state index in [4.69, 9.17) is 10.5 Å². The molecule has 0 bridgehead atoms. The van der Waals surface area contributed by atoms with Crippen molar-refractivity contribution in [2.24, 2.45) is 5.73 Å². The average molecular weight is 223 g/mol. The molecule has 84 valence electrons. The number of ether oxygens (including phenoxy) is 1. The molecule has 0 aromatic heterocycles. The smallest absolute Gasteiger partial charge is 0.277 e. The predicted octanol–water partition coefficient (Wildman–Crippen LogP) is -1.45. The second-order valence-electron chi connectivity index (χ2n) is 3.19. The summed E-state index contributed by atoms with van der Waals surface area (Å²) in [5.74, 6) is 0. The third-order valence-electron chi connectivity index (χ3n) is 1.70. The van der Waals surface area contributed by atoms with Crippen molar-refractivity contribution < 1.29 is 13.2 Å². The highest BCUT2D eigenvalue weighted by Crippen LogP contribution is 2.19. The molecule has 0 heterocycles. The van der Waals surface area contributed by atoms with Gasteiger partial charge < -0.3 is 10.5 Å². The minimum Gasteiger partial charge on any atom is -0.379 e. The van der Waals surface area contributed by atoms with Gasteiger partial charge in [-0.3, -0.25) is 0 Å². The molecular formula is C7H17N3O3S. The molecule has 1 rings (SSSR count). The van der Waals surface area contributed by atoms with Crippen LogP contribution < -0.4 is 15.2 Å². The highest BCUT2D eigenvalue weighted by atomic mass is 32.2. The SMILES string of the molecule is NCCOCCNS(=O)(=O)NC1CC1. The lowest BCUT2D eigenvalue weighted by molar-refractivity contribution is 0.147. The molecule has 6 nitrogen and oxygen atoms in total. The van der Waals surface area contributed by atoms with E-state index in [9.17, 15) is 8.42 Å². The first-order valence-electron chi connectivity index (χ1n) is 4.69. The molecule has 0 saturated heterocycles. The fourth-order valence-corrected chi connectivity index (χ4v) is 2.01. The van der Waals surface area contributed by atoms with Crippen LogP contribution in [0.25, 0.3) is 0 Å². The molecule has 7 heteroatoms. The Kier molecular flexibility index (Phi) is 4.76. The van der Waals surface area contributed by atoms with E-state index >= 15 is 0 Å². The van der Waals surface area contributed by atoms with Gasteiger partial charge in [-0.2, -0.15) is 17.9 Å². The molecule has 0 radical (unpaired) electrons. The zero-order valence-electron chi connectivity index (χ0n) is 8.03. The van der Waals surface area contributed by atoms with Crippen molar-refractivity contribution in [1.29, 1.82) is 0 Å². The quantitative estimate of drug-likeness (QED) is 0.439. The molecule has 1 saturated carbocycles. The van der Waals surface area contributed by atoms with E-state index in [0.29, 0.717) is 19.8 Å². The minimum absolute atomic E-state index is 0.137. The molecule has 0 aromatic carbocycles. The van der Waals surface area contributed by atoms with E-state index in [1.165, 1.54) is 0 Å². The van der Waals surface area contributed by atoms with Gasteiger partial charge in [0.25, 0.3) is 10.2 Å². The molecule has 4 N–H and O–H groups in total. The topological polar surface area (TPSA) is 93.4 Å². The van der Waals surface area contributed by atoms with Gasteiger partial charge in [0.15, 0.2) is 0 Å². The Bertz CT molecular complexity index is 251. The molecular weight excluding hydrogens is 206 g/mol. The largest absolute Gasteiger partial charge is 0.379 e. The van der Waals surface area contributed by atoms with Gasteiger partial charge in [0.05, 0.1) is 13.2 Å². The predicted molar refractivity (Wildman–Crippen MR) is 53.0 cm³/mol. The number of hydrogen-bond acceptors (Lipinski definition) is 4. The van der Waals surface area contributed by atoms with Crippen molar-refractivity contribution in [2.75, 3.05) is 26.3 Å². The van der Waals surface area contributed by atoms with Gasteiger partial charge in [-0.05, 0) is 12.8 Å². The maximum absolute atomic E-state index is 11.2. The first kappa shape index (κ1) is 11.9. The third kappa shape index (κ3) is 5.51. The number of hydrogen-bond donors (Lipinski definition) is 3. The van der Waals surface area contributed by atoms with Crippen LogP contribution in [0.2, 0.25) is 0 Å².